The molecular formula is C21H23N3O2. The SMILES string of the molecule is CC(=O)N(CCC(=O)Nc1ccc(C#N)cc1)c1ccccc1C(C)C. The average molecular weight is 349 g/mol. The molecule has 0 aromatic heterocycles. The number of nitriles is 1. The van der Waals surface area contributed by atoms with Crippen molar-refractivity contribution in [2.45, 2.75) is 33.1 Å². The van der Waals surface area contributed by atoms with Crippen molar-refractivity contribution in [3.8, 4) is 6.07 Å². The second kappa shape index (κ2) is 8.82. The number of rotatable bonds is 6. The van der Waals surface area contributed by atoms with Gasteiger partial charge in [-0.2, -0.15) is 5.26 Å². The highest BCUT2D eigenvalue weighted by Crippen LogP contribution is 2.27. The maximum Gasteiger partial charge on any atom is 0.226 e. The van der Waals surface area contributed by atoms with Gasteiger partial charge in [0.25, 0.3) is 0 Å². The molecule has 5 heteroatoms. The lowest BCUT2D eigenvalue weighted by atomic mass is 10.0. The van der Waals surface area contributed by atoms with E-state index in [1.807, 2.05) is 30.3 Å². The Balaban J connectivity index is 2.06. The van der Waals surface area contributed by atoms with Crippen molar-refractivity contribution in [3.05, 3.63) is 59.7 Å². The highest BCUT2D eigenvalue weighted by Gasteiger charge is 2.17. The van der Waals surface area contributed by atoms with Gasteiger partial charge in [-0.3, -0.25) is 9.59 Å². The molecule has 2 aromatic carbocycles. The molecule has 0 radical (unpaired) electrons. The van der Waals surface area contributed by atoms with Gasteiger partial charge in [0, 0.05) is 31.3 Å². The summed E-state index contributed by atoms with van der Waals surface area (Å²) in [5.74, 6) is 0.00721. The molecule has 5 nitrogen and oxygen atoms in total. The molecule has 0 aliphatic rings. The Morgan fingerprint density at radius 2 is 1.77 bits per heavy atom. The monoisotopic (exact) mass is 349 g/mol. The molecule has 2 rings (SSSR count). The van der Waals surface area contributed by atoms with E-state index in [1.54, 1.807) is 29.2 Å². The van der Waals surface area contributed by atoms with Crippen LogP contribution in [0.4, 0.5) is 11.4 Å². The summed E-state index contributed by atoms with van der Waals surface area (Å²) in [6, 6.07) is 16.5. The number of nitrogens with one attached hydrogen (secondary N) is 1. The second-order valence-corrected chi connectivity index (χ2v) is 6.37. The minimum Gasteiger partial charge on any atom is -0.326 e. The van der Waals surface area contributed by atoms with Crippen LogP contribution in [0.3, 0.4) is 0 Å². The summed E-state index contributed by atoms with van der Waals surface area (Å²) in [5.41, 5.74) is 3.10. The minimum absolute atomic E-state index is 0.0933. The third-order valence-corrected chi connectivity index (χ3v) is 4.09. The number of anilines is 2. The van der Waals surface area contributed by atoms with Crippen molar-refractivity contribution < 1.29 is 9.59 Å². The zero-order chi connectivity index (χ0) is 19.1. The Bertz CT molecular complexity index is 820. The molecule has 0 spiro atoms. The van der Waals surface area contributed by atoms with Gasteiger partial charge in [-0.1, -0.05) is 32.0 Å². The average Bonchev–Trinajstić information content (AvgIpc) is 2.62. The van der Waals surface area contributed by atoms with Gasteiger partial charge in [-0.25, -0.2) is 0 Å². The molecule has 0 saturated heterocycles. The van der Waals surface area contributed by atoms with Gasteiger partial charge in [-0.05, 0) is 41.8 Å². The maximum atomic E-state index is 12.2. The summed E-state index contributed by atoms with van der Waals surface area (Å²) >= 11 is 0. The van der Waals surface area contributed by atoms with Crippen LogP contribution in [0.1, 0.15) is 44.2 Å². The molecule has 0 aliphatic carbocycles. The first kappa shape index (κ1) is 19.2. The molecule has 0 saturated carbocycles. The van der Waals surface area contributed by atoms with Gasteiger partial charge in [-0.15, -0.1) is 0 Å². The van der Waals surface area contributed by atoms with E-state index in [-0.39, 0.29) is 24.2 Å². The largest absolute Gasteiger partial charge is 0.326 e. The Kier molecular flexibility index (Phi) is 6.51. The number of carbonyl (C=O) groups excluding carboxylic acids is 2. The van der Waals surface area contributed by atoms with Crippen LogP contribution in [0.15, 0.2) is 48.5 Å². The first-order valence-corrected chi connectivity index (χ1v) is 8.59. The van der Waals surface area contributed by atoms with Crippen LogP contribution in [0.2, 0.25) is 0 Å². The molecule has 2 aromatic rings. The lowest BCUT2D eigenvalue weighted by molar-refractivity contribution is -0.117. The molecule has 0 heterocycles. The van der Waals surface area contributed by atoms with E-state index in [0.717, 1.165) is 11.3 Å². The molecule has 2 amide bonds. The number of carbonyl (C=O) groups is 2. The summed E-state index contributed by atoms with van der Waals surface area (Å²) in [6.45, 7) is 5.97. The van der Waals surface area contributed by atoms with Gasteiger partial charge in [0.15, 0.2) is 0 Å². The van der Waals surface area contributed by atoms with Crippen molar-refractivity contribution in [1.82, 2.24) is 0 Å². The lowest BCUT2D eigenvalue weighted by Crippen LogP contribution is -2.32. The number of amides is 2. The fourth-order valence-corrected chi connectivity index (χ4v) is 2.73. The molecule has 26 heavy (non-hydrogen) atoms. The molecule has 0 aliphatic heterocycles. The summed E-state index contributed by atoms with van der Waals surface area (Å²) in [6.07, 6.45) is 0.187. The number of nitrogens with zero attached hydrogens (tertiary/aromatic N) is 2. The Hall–Kier alpha value is -3.13. The summed E-state index contributed by atoms with van der Waals surface area (Å²) in [4.78, 5) is 26.0. The van der Waals surface area contributed by atoms with E-state index in [9.17, 15) is 9.59 Å². The fourth-order valence-electron chi connectivity index (χ4n) is 2.73. The van der Waals surface area contributed by atoms with E-state index in [1.165, 1.54) is 6.92 Å². The lowest BCUT2D eigenvalue weighted by Gasteiger charge is -2.25. The predicted molar refractivity (Wildman–Crippen MR) is 103 cm³/mol. The zero-order valence-corrected chi connectivity index (χ0v) is 15.3. The Morgan fingerprint density at radius 3 is 2.35 bits per heavy atom. The van der Waals surface area contributed by atoms with E-state index in [4.69, 9.17) is 5.26 Å². The Morgan fingerprint density at radius 1 is 1.12 bits per heavy atom. The molecule has 134 valence electrons. The van der Waals surface area contributed by atoms with Gasteiger partial charge in [0.1, 0.15) is 0 Å². The molecule has 0 unspecified atom stereocenters. The van der Waals surface area contributed by atoms with Crippen LogP contribution in [0, 0.1) is 11.3 Å². The first-order chi connectivity index (χ1) is 12.4. The van der Waals surface area contributed by atoms with Crippen molar-refractivity contribution in [2.75, 3.05) is 16.8 Å². The van der Waals surface area contributed by atoms with Crippen LogP contribution >= 0.6 is 0 Å². The van der Waals surface area contributed by atoms with Crippen LogP contribution in [0.5, 0.6) is 0 Å². The van der Waals surface area contributed by atoms with Crippen LogP contribution in [0.25, 0.3) is 0 Å². The highest BCUT2D eigenvalue weighted by molar-refractivity contribution is 5.95. The number of hydrogen-bond donors (Lipinski definition) is 1. The standard InChI is InChI=1S/C21H23N3O2/c1-15(2)19-6-4-5-7-20(19)24(16(3)25)13-12-21(26)23-18-10-8-17(14-22)9-11-18/h4-11,15H,12-13H2,1-3H3,(H,23,26). The van der Waals surface area contributed by atoms with Gasteiger partial charge in [0.05, 0.1) is 11.6 Å². The van der Waals surface area contributed by atoms with Crippen LogP contribution in [-0.4, -0.2) is 18.4 Å². The smallest absolute Gasteiger partial charge is 0.226 e. The second-order valence-electron chi connectivity index (χ2n) is 6.37. The summed E-state index contributed by atoms with van der Waals surface area (Å²) < 4.78 is 0. The zero-order valence-electron chi connectivity index (χ0n) is 15.3. The van der Waals surface area contributed by atoms with E-state index in [2.05, 4.69) is 19.2 Å². The minimum atomic E-state index is -0.178. The van der Waals surface area contributed by atoms with E-state index < -0.39 is 0 Å². The quantitative estimate of drug-likeness (QED) is 0.854. The molecule has 0 atom stereocenters. The van der Waals surface area contributed by atoms with Gasteiger partial charge in [0.2, 0.25) is 11.8 Å². The number of hydrogen-bond acceptors (Lipinski definition) is 3. The third kappa shape index (κ3) is 4.93. The maximum absolute atomic E-state index is 12.2. The van der Waals surface area contributed by atoms with Crippen molar-refractivity contribution in [1.29, 1.82) is 5.26 Å². The fraction of sp³-hybridized carbons (Fsp3) is 0.286. The van der Waals surface area contributed by atoms with E-state index in [0.29, 0.717) is 17.8 Å². The van der Waals surface area contributed by atoms with Crippen molar-refractivity contribution >= 4 is 23.2 Å². The van der Waals surface area contributed by atoms with E-state index >= 15 is 0 Å². The molecular weight excluding hydrogens is 326 g/mol. The molecule has 1 N–H and O–H groups in total. The van der Waals surface area contributed by atoms with Gasteiger partial charge < -0.3 is 10.2 Å². The van der Waals surface area contributed by atoms with Crippen molar-refractivity contribution in [2.24, 2.45) is 0 Å². The predicted octanol–water partition coefficient (Wildman–Crippen LogP) is 4.06. The van der Waals surface area contributed by atoms with Crippen LogP contribution < -0.4 is 10.2 Å². The topological polar surface area (TPSA) is 73.2 Å². The number of benzene rings is 2. The molecule has 0 fully saturated rings. The van der Waals surface area contributed by atoms with Crippen molar-refractivity contribution in [3.63, 3.8) is 0 Å². The van der Waals surface area contributed by atoms with Gasteiger partial charge >= 0.3 is 0 Å². The summed E-state index contributed by atoms with van der Waals surface area (Å²) in [5, 5.41) is 11.6. The normalized spacial score (nSPS) is 10.3. The first-order valence-electron chi connectivity index (χ1n) is 8.59. The van der Waals surface area contributed by atoms with Crippen LogP contribution in [-0.2, 0) is 9.59 Å². The molecule has 0 bridgehead atoms. The highest BCUT2D eigenvalue weighted by atomic mass is 16.2. The third-order valence-electron chi connectivity index (χ3n) is 4.09. The summed E-state index contributed by atoms with van der Waals surface area (Å²) in [7, 11) is 0. The Labute approximate surface area is 154 Å². The number of para-hydroxylation sites is 1.